The van der Waals surface area contributed by atoms with E-state index < -0.39 is 50.2 Å². The first-order valence-electron chi connectivity index (χ1n) is 19.2. The number of urea groups is 1. The van der Waals surface area contributed by atoms with Crippen LogP contribution in [0, 0.1) is 10.1 Å². The second-order valence-electron chi connectivity index (χ2n) is 13.4. The summed E-state index contributed by atoms with van der Waals surface area (Å²) in [7, 11) is -1.76. The van der Waals surface area contributed by atoms with E-state index in [-0.39, 0.29) is 105 Å². The topological polar surface area (TPSA) is 268 Å². The van der Waals surface area contributed by atoms with Gasteiger partial charge in [-0.1, -0.05) is 93.3 Å². The van der Waals surface area contributed by atoms with Crippen LogP contribution in [0.1, 0.15) is 34.0 Å². The summed E-state index contributed by atoms with van der Waals surface area (Å²) in [5.41, 5.74) is -1.82. The van der Waals surface area contributed by atoms with Gasteiger partial charge in [0.05, 0.1) is 72.5 Å². The summed E-state index contributed by atoms with van der Waals surface area (Å²) in [4.78, 5) is 40.6. The maximum atomic E-state index is 12.6. The number of alkyl halides is 3. The molecule has 1 aromatic heterocycles. The van der Waals surface area contributed by atoms with Crippen molar-refractivity contribution in [1.29, 1.82) is 0 Å². The molecule has 2 amide bonds. The van der Waals surface area contributed by atoms with Crippen LogP contribution in [-0.2, 0) is 22.9 Å². The average molecular weight is 1170 g/mol. The number of benzene rings is 5. The fraction of sp³-hybridized carbons (Fsp3) is 0.143. The number of phenolic OH excluding ortho intramolecular Hbond substituents is 2. The van der Waals surface area contributed by atoms with Crippen LogP contribution in [0.2, 0.25) is 35.2 Å². The highest BCUT2D eigenvalue weighted by Gasteiger charge is 2.31. The summed E-state index contributed by atoms with van der Waals surface area (Å²) in [6.07, 6.45) is -4.62. The largest absolute Gasteiger partial charge is 0.506 e. The number of aromatic hydroxyl groups is 2. The first-order chi connectivity index (χ1) is 33.7. The molecule has 6 aromatic rings. The molecule has 0 saturated carbocycles. The molecule has 0 bridgehead atoms. The van der Waals surface area contributed by atoms with E-state index >= 15 is 0 Å². The number of carboxylic acids is 1. The molecule has 1 heterocycles. The third-order valence-electron chi connectivity index (χ3n) is 8.60. The maximum absolute atomic E-state index is 12.6. The van der Waals surface area contributed by atoms with Gasteiger partial charge in [0.1, 0.15) is 28.6 Å². The third kappa shape index (κ3) is 15.8. The van der Waals surface area contributed by atoms with Crippen molar-refractivity contribution in [1.82, 2.24) is 14.7 Å². The smallest absolute Gasteiger partial charge is 0.416 e. The number of amides is 2. The molecule has 0 unspecified atom stereocenters. The molecule has 19 nitrogen and oxygen atoms in total. The van der Waals surface area contributed by atoms with Gasteiger partial charge in [0.2, 0.25) is 17.7 Å². The molecule has 5 aromatic carbocycles. The van der Waals surface area contributed by atoms with E-state index in [1.807, 2.05) is 0 Å². The van der Waals surface area contributed by atoms with E-state index in [0.717, 1.165) is 30.3 Å². The number of rotatable bonds is 14. The fourth-order valence-electron chi connectivity index (χ4n) is 5.41. The zero-order valence-electron chi connectivity index (χ0n) is 36.3. The number of carbonyl (C=O) groups is 2. The zero-order valence-corrected chi connectivity index (χ0v) is 42.4. The quantitative estimate of drug-likeness (QED) is 0.0385. The van der Waals surface area contributed by atoms with Gasteiger partial charge in [0.25, 0.3) is 5.69 Å². The summed E-state index contributed by atoms with van der Waals surface area (Å²) >= 11 is 41.4. The highest BCUT2D eigenvalue weighted by atomic mass is 35.5. The van der Waals surface area contributed by atoms with Gasteiger partial charge in [-0.05, 0) is 55.5 Å². The number of nitro groups is 1. The van der Waals surface area contributed by atoms with Crippen molar-refractivity contribution in [3.8, 4) is 46.3 Å². The molecule has 30 heteroatoms. The highest BCUT2D eigenvalue weighted by molar-refractivity contribution is 7.85. The molecule has 0 aliphatic rings. The van der Waals surface area contributed by atoms with Gasteiger partial charge in [-0.15, -0.1) is 0 Å². The average Bonchev–Trinajstić information content (AvgIpc) is 3.31. The molecule has 0 radical (unpaired) electrons. The Bertz CT molecular complexity index is 2990. The Morgan fingerprint density at radius 2 is 1.29 bits per heavy atom. The van der Waals surface area contributed by atoms with E-state index in [1.54, 1.807) is 23.8 Å². The SMILES string of the molecule is CCOc1ccccc1OS(=O)(=O)NC(=O)Nc1nc(OC)cc(OC)n1.O=C(O)c1cc(Oc2ccc(C(F)(F)F)cc2Cl)ccc1[N+](=O)[O-].Oc1c(Cl)cc(Cl)c(Cl)c1Cc1c(O)c(Cl)cc(Cl)c1Cl. The Balaban J connectivity index is 0.000000236. The summed E-state index contributed by atoms with van der Waals surface area (Å²) in [6, 6.07) is 14.3. The third-order valence-corrected chi connectivity index (χ3v) is 12.0. The van der Waals surface area contributed by atoms with Crippen molar-refractivity contribution in [2.24, 2.45) is 0 Å². The number of anilines is 1. The molecule has 5 N–H and O–H groups in total. The number of nitrogens with zero attached hydrogens (tertiary/aromatic N) is 3. The molecule has 0 aliphatic carbocycles. The molecule has 0 atom stereocenters. The summed E-state index contributed by atoms with van der Waals surface area (Å²) in [5.74, 6) is -2.20. The van der Waals surface area contributed by atoms with E-state index in [4.69, 9.17) is 109 Å². The van der Waals surface area contributed by atoms with Crippen LogP contribution in [0.4, 0.5) is 29.6 Å². The number of carboxylic acid groups (broad SMARTS) is 1. The van der Waals surface area contributed by atoms with Gasteiger partial charge in [-0.25, -0.2) is 14.3 Å². The number of methoxy groups -OCH3 is 2. The minimum absolute atomic E-state index is 0.0307. The van der Waals surface area contributed by atoms with Crippen molar-refractivity contribution in [2.75, 3.05) is 26.1 Å². The van der Waals surface area contributed by atoms with Crippen molar-refractivity contribution >= 4 is 115 Å². The summed E-state index contributed by atoms with van der Waals surface area (Å²) in [5, 5.41) is 42.2. The van der Waals surface area contributed by atoms with Crippen molar-refractivity contribution in [3.05, 3.63) is 146 Å². The van der Waals surface area contributed by atoms with Crippen molar-refractivity contribution < 1.29 is 74.6 Å². The van der Waals surface area contributed by atoms with Gasteiger partial charge >= 0.3 is 28.5 Å². The molecular weight excluding hydrogens is 1140 g/mol. The van der Waals surface area contributed by atoms with Gasteiger partial charge in [-0.3, -0.25) is 15.4 Å². The van der Waals surface area contributed by atoms with Crippen LogP contribution in [0.5, 0.6) is 46.3 Å². The number of hydrogen-bond acceptors (Lipinski definition) is 15. The Labute approximate surface area is 440 Å². The lowest BCUT2D eigenvalue weighted by molar-refractivity contribution is -0.385. The van der Waals surface area contributed by atoms with Crippen molar-refractivity contribution in [2.45, 2.75) is 19.5 Å². The molecule has 72 heavy (non-hydrogen) atoms. The summed E-state index contributed by atoms with van der Waals surface area (Å²) < 4.78 is 88.7. The number of carbonyl (C=O) groups excluding carboxylic acids is 1. The van der Waals surface area contributed by atoms with Crippen LogP contribution >= 0.6 is 81.2 Å². The Kier molecular flexibility index (Phi) is 20.5. The highest BCUT2D eigenvalue weighted by Crippen LogP contribution is 2.45. The minimum atomic E-state index is -4.58. The lowest BCUT2D eigenvalue weighted by Gasteiger charge is -2.14. The number of nitro benzene ring substituents is 1. The molecule has 0 spiro atoms. The van der Waals surface area contributed by atoms with Crippen molar-refractivity contribution in [3.63, 3.8) is 0 Å². The number of hydrogen-bond donors (Lipinski definition) is 5. The van der Waals surface area contributed by atoms with Gasteiger partial charge in [-0.2, -0.15) is 31.6 Å². The maximum Gasteiger partial charge on any atom is 0.416 e. The Morgan fingerprint density at radius 3 is 1.76 bits per heavy atom. The number of phenols is 2. The number of para-hydroxylation sites is 2. The molecule has 0 saturated heterocycles. The number of ether oxygens (including phenoxy) is 4. The second kappa shape index (κ2) is 25.4. The molecule has 0 aliphatic heterocycles. The van der Waals surface area contributed by atoms with E-state index in [9.17, 15) is 51.5 Å². The van der Waals surface area contributed by atoms with Gasteiger partial charge in [0.15, 0.2) is 11.5 Å². The second-order valence-corrected chi connectivity index (χ2v) is 17.4. The monoisotopic (exact) mass is 1160 g/mol. The normalized spacial score (nSPS) is 10.9. The zero-order chi connectivity index (χ0) is 53.8. The lowest BCUT2D eigenvalue weighted by atomic mass is 10.0. The van der Waals surface area contributed by atoms with Crippen LogP contribution in [0.3, 0.4) is 0 Å². The molecule has 384 valence electrons. The van der Waals surface area contributed by atoms with Crippen LogP contribution in [-0.4, -0.2) is 71.5 Å². The minimum Gasteiger partial charge on any atom is -0.506 e. The standard InChI is InChI=1S/C15H18N4O7S.C14H7ClF3NO5.C13H6Cl6O2/c1-4-25-10-7-5-6-8-11(10)26-27(21,22)19-15(20)18-14-16-12(23-2)9-13(17-14)24-3;15-10-5-7(14(16,17)18)1-4-12(10)24-8-2-3-11(19(22)23)9(6-8)13(20)21;14-6-2-8(16)12(20)4(10(6)18)1-5-11(19)7(15)3-9(17)13(5)21/h5-9H,4H2,1-3H3,(H2,16,17,18,19,20);1-6H,(H,20,21);2-3,20-21H,1H2. The number of aromatic carboxylic acids is 1. The number of aromatic nitrogens is 2. The predicted octanol–water partition coefficient (Wildman–Crippen LogP) is 12.7. The first-order valence-corrected chi connectivity index (χ1v) is 23.2. The Morgan fingerprint density at radius 1 is 0.750 bits per heavy atom. The van der Waals surface area contributed by atoms with Gasteiger partial charge < -0.3 is 38.5 Å². The molecule has 6 rings (SSSR count). The van der Waals surface area contributed by atoms with E-state index in [1.165, 1.54) is 44.6 Å². The van der Waals surface area contributed by atoms with Gasteiger partial charge in [0, 0.05) is 29.7 Å². The molecule has 0 fully saturated rings. The van der Waals surface area contributed by atoms with E-state index in [0.29, 0.717) is 12.7 Å². The van der Waals surface area contributed by atoms with Crippen LogP contribution in [0.25, 0.3) is 0 Å². The predicted molar refractivity (Wildman–Crippen MR) is 260 cm³/mol. The first kappa shape index (κ1) is 58.3. The van der Waals surface area contributed by atoms with Crippen LogP contribution < -0.4 is 33.2 Å². The van der Waals surface area contributed by atoms with E-state index in [2.05, 4.69) is 15.3 Å². The lowest BCUT2D eigenvalue weighted by Crippen LogP contribution is -2.37. The Hall–Kier alpha value is -6.31. The molecular formula is C42H31Cl7F3N5O14S. The number of halogens is 10. The summed E-state index contributed by atoms with van der Waals surface area (Å²) in [6.45, 7) is 2.04. The number of nitrogens with one attached hydrogen (secondary N) is 2. The van der Waals surface area contributed by atoms with Crippen LogP contribution in [0.15, 0.2) is 78.9 Å². The fourth-order valence-corrected chi connectivity index (χ4v) is 7.75.